The van der Waals surface area contributed by atoms with Crippen LogP contribution in [0.5, 0.6) is 0 Å². The minimum atomic E-state index is 1.12. The minimum Gasteiger partial charge on any atom is -0.310 e. The maximum absolute atomic E-state index is 2.43. The zero-order valence-electron chi connectivity index (χ0n) is 30.5. The minimum absolute atomic E-state index is 1.12. The van der Waals surface area contributed by atoms with Crippen molar-refractivity contribution in [3.05, 3.63) is 229 Å². The number of nitrogens with zero attached hydrogens (tertiary/aromatic N) is 2. The van der Waals surface area contributed by atoms with Crippen molar-refractivity contribution in [1.82, 2.24) is 4.57 Å². The van der Waals surface area contributed by atoms with E-state index in [1.165, 1.54) is 88.2 Å². The first-order chi connectivity index (χ1) is 27.8. The van der Waals surface area contributed by atoms with E-state index in [1.807, 2.05) is 0 Å². The first-order valence-electron chi connectivity index (χ1n) is 19.4. The average Bonchev–Trinajstić information content (AvgIpc) is 3.89. The van der Waals surface area contributed by atoms with Crippen LogP contribution in [0.25, 0.3) is 71.7 Å². The molecule has 1 heterocycles. The summed E-state index contributed by atoms with van der Waals surface area (Å²) in [6.07, 6.45) is 0. The van der Waals surface area contributed by atoms with Crippen molar-refractivity contribution in [3.8, 4) is 27.9 Å². The number of aromatic nitrogens is 1. The maximum atomic E-state index is 2.43. The molecule has 2 nitrogen and oxygen atoms in total. The Morgan fingerprint density at radius 1 is 0.286 bits per heavy atom. The Morgan fingerprint density at radius 3 is 1.52 bits per heavy atom. The number of hydrogen-bond donors (Lipinski definition) is 0. The molecule has 0 spiro atoms. The molecule has 56 heavy (non-hydrogen) atoms. The second-order valence-electron chi connectivity index (χ2n) is 14.9. The van der Waals surface area contributed by atoms with Gasteiger partial charge in [-0.15, -0.1) is 0 Å². The molecule has 9 aromatic carbocycles. The zero-order valence-corrected chi connectivity index (χ0v) is 30.5. The van der Waals surface area contributed by atoms with Gasteiger partial charge in [0.2, 0.25) is 0 Å². The van der Waals surface area contributed by atoms with Crippen LogP contribution in [0.4, 0.5) is 17.1 Å². The summed E-state index contributed by atoms with van der Waals surface area (Å²) in [4.78, 5) is 2.42. The van der Waals surface area contributed by atoms with E-state index in [4.69, 9.17) is 0 Å². The Kier molecular flexibility index (Phi) is 6.66. The van der Waals surface area contributed by atoms with Crippen molar-refractivity contribution in [1.29, 1.82) is 0 Å². The van der Waals surface area contributed by atoms with Gasteiger partial charge in [0.15, 0.2) is 0 Å². The first kappa shape index (κ1) is 31.0. The van der Waals surface area contributed by atoms with Gasteiger partial charge in [-0.05, 0) is 127 Å². The fourth-order valence-corrected chi connectivity index (χ4v) is 9.47. The third kappa shape index (κ3) is 4.50. The summed E-state index contributed by atoms with van der Waals surface area (Å²) in [6, 6.07) is 75.7. The topological polar surface area (TPSA) is 8.17 Å². The molecule has 0 atom stereocenters. The van der Waals surface area contributed by atoms with Crippen molar-refractivity contribution >= 4 is 60.8 Å². The molecule has 0 fully saturated rings. The highest BCUT2D eigenvalue weighted by atomic mass is 15.1. The molecule has 0 amide bonds. The Hall–Kier alpha value is -7.42. The SMILES string of the molecule is c1ccc(N(c2ccc3c(c2)C(=C2c4ccccc4-c4ccccc42)c2ccccc2-3)c2ccc3c(c2)c2ccccc2n3-c2ccc3ccccc3c2)cc1. The standard InChI is InChI=1S/C54H34N2/c1-2-16-37(17-3-1)55(40-29-31-52-49(33-40)45-21-12-13-25-51(45)56(52)38-27-26-35-14-4-5-15-36(35)32-38)39-28-30-44-43-20-8-11-24-48(43)54(50(44)34-39)53-46-22-9-6-18-41(46)42-19-7-10-23-47(42)53/h1-34H. The van der Waals surface area contributed by atoms with Gasteiger partial charge in [-0.25, -0.2) is 0 Å². The summed E-state index contributed by atoms with van der Waals surface area (Å²) < 4.78 is 2.41. The molecule has 0 saturated carbocycles. The lowest BCUT2D eigenvalue weighted by Gasteiger charge is -2.26. The van der Waals surface area contributed by atoms with E-state index in [1.54, 1.807) is 0 Å². The van der Waals surface area contributed by atoms with Crippen molar-refractivity contribution in [2.24, 2.45) is 0 Å². The Bertz CT molecular complexity index is 3210. The average molecular weight is 711 g/mol. The molecule has 10 aromatic rings. The van der Waals surface area contributed by atoms with Crippen molar-refractivity contribution < 1.29 is 0 Å². The van der Waals surface area contributed by atoms with Crippen LogP contribution in [-0.2, 0) is 0 Å². The smallest absolute Gasteiger partial charge is 0.0542 e. The molecule has 0 aliphatic heterocycles. The maximum Gasteiger partial charge on any atom is 0.0542 e. The number of rotatable bonds is 4. The molecule has 260 valence electrons. The van der Waals surface area contributed by atoms with Gasteiger partial charge in [0, 0.05) is 33.5 Å². The molecule has 12 rings (SSSR count). The van der Waals surface area contributed by atoms with E-state index in [9.17, 15) is 0 Å². The largest absolute Gasteiger partial charge is 0.310 e. The number of anilines is 3. The van der Waals surface area contributed by atoms with Crippen LogP contribution in [0.2, 0.25) is 0 Å². The van der Waals surface area contributed by atoms with E-state index >= 15 is 0 Å². The van der Waals surface area contributed by atoms with Crippen LogP contribution in [0, 0.1) is 0 Å². The van der Waals surface area contributed by atoms with Crippen LogP contribution >= 0.6 is 0 Å². The van der Waals surface area contributed by atoms with Gasteiger partial charge in [0.1, 0.15) is 0 Å². The van der Waals surface area contributed by atoms with E-state index in [0.717, 1.165) is 22.7 Å². The highest BCUT2D eigenvalue weighted by molar-refractivity contribution is 6.19. The fourth-order valence-electron chi connectivity index (χ4n) is 9.47. The van der Waals surface area contributed by atoms with Gasteiger partial charge >= 0.3 is 0 Å². The Balaban J connectivity index is 1.08. The molecule has 0 N–H and O–H groups in total. The van der Waals surface area contributed by atoms with Crippen molar-refractivity contribution in [3.63, 3.8) is 0 Å². The summed E-state index contributed by atoms with van der Waals surface area (Å²) in [5.41, 5.74) is 19.8. The Morgan fingerprint density at radius 2 is 0.804 bits per heavy atom. The molecule has 2 aliphatic carbocycles. The van der Waals surface area contributed by atoms with Crippen molar-refractivity contribution in [2.45, 2.75) is 0 Å². The predicted octanol–water partition coefficient (Wildman–Crippen LogP) is 14.4. The molecule has 0 bridgehead atoms. The molecular weight excluding hydrogens is 677 g/mol. The number of benzene rings is 9. The van der Waals surface area contributed by atoms with Gasteiger partial charge < -0.3 is 9.47 Å². The monoisotopic (exact) mass is 710 g/mol. The second kappa shape index (κ2) is 12.0. The molecule has 0 unspecified atom stereocenters. The highest BCUT2D eigenvalue weighted by Gasteiger charge is 2.33. The molecule has 2 aliphatic rings. The van der Waals surface area contributed by atoms with Crippen LogP contribution in [-0.4, -0.2) is 4.57 Å². The summed E-state index contributed by atoms with van der Waals surface area (Å²) in [5.74, 6) is 0. The quantitative estimate of drug-likeness (QED) is 0.177. The van der Waals surface area contributed by atoms with Gasteiger partial charge in [-0.2, -0.15) is 0 Å². The molecule has 2 heteroatoms. The molecule has 0 saturated heterocycles. The van der Waals surface area contributed by atoms with E-state index in [0.29, 0.717) is 0 Å². The lowest BCUT2D eigenvalue weighted by Crippen LogP contribution is -2.10. The summed E-state index contributed by atoms with van der Waals surface area (Å²) in [7, 11) is 0. The Labute approximate surface area is 325 Å². The van der Waals surface area contributed by atoms with E-state index in [-0.39, 0.29) is 0 Å². The predicted molar refractivity (Wildman–Crippen MR) is 235 cm³/mol. The summed E-state index contributed by atoms with van der Waals surface area (Å²) >= 11 is 0. The normalized spacial score (nSPS) is 12.6. The lowest BCUT2D eigenvalue weighted by atomic mass is 9.91. The first-order valence-corrected chi connectivity index (χ1v) is 19.4. The zero-order chi connectivity index (χ0) is 36.7. The van der Waals surface area contributed by atoms with Crippen LogP contribution < -0.4 is 4.90 Å². The molecule has 1 aromatic heterocycles. The number of para-hydroxylation sites is 2. The van der Waals surface area contributed by atoms with E-state index in [2.05, 4.69) is 216 Å². The fraction of sp³-hybridized carbons (Fsp3) is 0. The summed E-state index contributed by atoms with van der Waals surface area (Å²) in [6.45, 7) is 0. The number of hydrogen-bond acceptors (Lipinski definition) is 1. The van der Waals surface area contributed by atoms with Crippen LogP contribution in [0.3, 0.4) is 0 Å². The third-order valence-electron chi connectivity index (χ3n) is 11.9. The van der Waals surface area contributed by atoms with E-state index < -0.39 is 0 Å². The van der Waals surface area contributed by atoms with Gasteiger partial charge in [0.05, 0.1) is 11.0 Å². The molecular formula is C54H34N2. The van der Waals surface area contributed by atoms with Crippen molar-refractivity contribution in [2.75, 3.05) is 4.90 Å². The lowest BCUT2D eigenvalue weighted by molar-refractivity contribution is 1.18. The summed E-state index contributed by atoms with van der Waals surface area (Å²) in [5, 5.41) is 4.94. The highest BCUT2D eigenvalue weighted by Crippen LogP contribution is 2.55. The molecule has 0 radical (unpaired) electrons. The number of fused-ring (bicyclic) bond motifs is 10. The van der Waals surface area contributed by atoms with Crippen LogP contribution in [0.1, 0.15) is 22.3 Å². The van der Waals surface area contributed by atoms with Gasteiger partial charge in [-0.1, -0.05) is 146 Å². The second-order valence-corrected chi connectivity index (χ2v) is 14.9. The third-order valence-corrected chi connectivity index (χ3v) is 11.9. The van der Waals surface area contributed by atoms with Gasteiger partial charge in [-0.3, -0.25) is 0 Å². The van der Waals surface area contributed by atoms with Crippen LogP contribution in [0.15, 0.2) is 206 Å². The van der Waals surface area contributed by atoms with Gasteiger partial charge in [0.25, 0.3) is 0 Å².